The van der Waals surface area contributed by atoms with Gasteiger partial charge in [0.2, 0.25) is 59.1 Å². The molecule has 0 radical (unpaired) electrons. The molecule has 0 spiro atoms. The van der Waals surface area contributed by atoms with E-state index in [-0.39, 0.29) is 49.1 Å². The van der Waals surface area contributed by atoms with Gasteiger partial charge in [-0.2, -0.15) is 8.62 Å². The fourth-order valence-corrected chi connectivity index (χ4v) is 14.7. The van der Waals surface area contributed by atoms with Crippen molar-refractivity contribution in [2.75, 3.05) is 32.8 Å². The second-order valence-corrected chi connectivity index (χ2v) is 30.7. The molecule has 3 heterocycles. The normalized spacial score (nSPS) is 20.2. The molecule has 0 saturated carbocycles. The van der Waals surface area contributed by atoms with E-state index in [1.54, 1.807) is 19.1 Å². The van der Waals surface area contributed by atoms with Gasteiger partial charge in [-0.05, 0) is 49.4 Å². The molecule has 1 aromatic carbocycles. The summed E-state index contributed by atoms with van der Waals surface area (Å²) in [5, 5.41) is 94.1. The van der Waals surface area contributed by atoms with Crippen molar-refractivity contribution in [3.8, 4) is 17.6 Å². The number of ether oxygens (including phenoxy) is 2. The van der Waals surface area contributed by atoms with E-state index < -0.39 is 304 Å². The summed E-state index contributed by atoms with van der Waals surface area (Å²) in [7, 11) is -17.2. The van der Waals surface area contributed by atoms with Crippen molar-refractivity contribution in [1.29, 1.82) is 0 Å². The quantitative estimate of drug-likeness (QED) is 0.00731. The topological polar surface area (TPSA) is 811 Å². The number of H-pyrrole nitrogens is 1. The first-order valence-electron chi connectivity index (χ1n) is 34.9. The van der Waals surface area contributed by atoms with Gasteiger partial charge in [0.25, 0.3) is 5.56 Å². The monoisotopic (exact) mass is 1740 g/mol. The standard InChI is InChI=1S/C64H83N12O39P3/c1-29-9-12-32(27-111-51(91)8-3-2-6-31-26-76(64(103)74-54(31)92)45-24-41(78)42(113-45)28-112-117(107,108)115-118(109,110)114-116(104,105)106)53-52(29)61(99)75(62(53)100)17-15-43(79)66-25-44(80)67-34(7-4-5-16-65)55(93)69-36(19-46(81)82)58(96)71-38(21-48(85)86)60(98)72-39(22-49(87)88)59(97)70-37(20-47(83)84)57(95)68-35(18-30-10-13-33(77)14-11-30)56(94)73-40(63(101)102)23-50(89)90/h9-14,26,29,32,34-42,45,52-53,77-78H,3-5,7-8,15-25,27-28,65H2,1H3,(H,66,79)(H,67,80)(H,68,95)(H,69,93)(H,70,97)(H,71,96)(H,72,98)(H,73,94)(H,81,82)(H,83,84)(H,85,86)(H,87,88)(H,89,90)(H,101,102)(H,107,108)(H,109,110)(H,74,92,103)(H2,104,105,106)/t29?,32?,34-,35-,36-,37-,38-,39-,40-,41-,42+,45+,52?,53?/m0/s1. The van der Waals surface area contributed by atoms with Crippen LogP contribution in [-0.4, -0.2) is 263 Å². The lowest BCUT2D eigenvalue weighted by atomic mass is 9.73. The van der Waals surface area contributed by atoms with Crippen LogP contribution in [0.5, 0.6) is 5.75 Å². The fraction of sp³-hybridized carbons (Fsp3) is 0.516. The zero-order valence-corrected chi connectivity index (χ0v) is 64.2. The number of aliphatic carboxylic acids is 6. The summed E-state index contributed by atoms with van der Waals surface area (Å²) in [6.07, 6.45) is -9.59. The maximum absolute atomic E-state index is 13.9. The molecule has 51 nitrogen and oxygen atoms in total. The molecule has 10 amide bonds. The molecule has 16 atom stereocenters. The fourth-order valence-electron chi connectivity index (χ4n) is 11.7. The van der Waals surface area contributed by atoms with Crippen LogP contribution in [0.2, 0.25) is 0 Å². The second kappa shape index (κ2) is 44.2. The lowest BCUT2D eigenvalue weighted by Crippen LogP contribution is -2.61. The Morgan fingerprint density at radius 1 is 0.610 bits per heavy atom. The molecule has 2 aromatic rings. The number of rotatable bonds is 47. The lowest BCUT2D eigenvalue weighted by molar-refractivity contribution is -0.147. The zero-order valence-electron chi connectivity index (χ0n) is 61.6. The number of unbranched alkanes of at least 4 members (excludes halogenated alkanes) is 1. The average molecular weight is 1740 g/mol. The van der Waals surface area contributed by atoms with Gasteiger partial charge in [-0.1, -0.05) is 43.0 Å². The van der Waals surface area contributed by atoms with Crippen LogP contribution in [0.15, 0.2) is 52.2 Å². The molecule has 6 unspecified atom stereocenters. The number of esters is 1. The van der Waals surface area contributed by atoms with Crippen molar-refractivity contribution in [1.82, 2.24) is 57.0 Å². The number of aromatic hydroxyl groups is 1. The van der Waals surface area contributed by atoms with Crippen molar-refractivity contribution in [3.05, 3.63) is 74.6 Å². The number of likely N-dealkylation sites (tertiary alicyclic amines) is 1. The first kappa shape index (κ1) is 97.1. The summed E-state index contributed by atoms with van der Waals surface area (Å²) in [4.78, 5) is 286. The van der Waals surface area contributed by atoms with E-state index in [0.29, 0.717) is 0 Å². The number of aromatic amines is 1. The summed E-state index contributed by atoms with van der Waals surface area (Å²) in [6.45, 7) is -1.30. The largest absolute Gasteiger partial charge is 0.508 e. The number of carbonyl (C=O) groups is 17. The van der Waals surface area contributed by atoms with Gasteiger partial charge >= 0.3 is 70.9 Å². The highest BCUT2D eigenvalue weighted by Crippen LogP contribution is 2.66. The molecule has 5 rings (SSSR count). The van der Waals surface area contributed by atoms with Crippen LogP contribution >= 0.6 is 23.5 Å². The molecule has 54 heteroatoms. The lowest BCUT2D eigenvalue weighted by Gasteiger charge is -2.29. The number of amides is 10. The third-order valence-electron chi connectivity index (χ3n) is 17.2. The Morgan fingerprint density at radius 2 is 1.10 bits per heavy atom. The number of imide groups is 1. The molecule has 23 N–H and O–H groups in total. The van der Waals surface area contributed by atoms with E-state index >= 15 is 0 Å². The molecular formula is C64H83N12O39P3. The van der Waals surface area contributed by atoms with E-state index in [1.807, 2.05) is 26.3 Å². The van der Waals surface area contributed by atoms with Gasteiger partial charge < -0.3 is 118 Å². The minimum Gasteiger partial charge on any atom is -0.508 e. The van der Waals surface area contributed by atoms with Gasteiger partial charge in [0, 0.05) is 44.3 Å². The number of carbonyl (C=O) groups excluding carboxylic acids is 11. The highest BCUT2D eigenvalue weighted by atomic mass is 31.3. The number of hydrogen-bond acceptors (Lipinski definition) is 30. The molecule has 2 aliphatic heterocycles. The number of aromatic nitrogens is 2. The van der Waals surface area contributed by atoms with E-state index in [9.17, 15) is 155 Å². The third kappa shape index (κ3) is 31.5. The molecule has 118 heavy (non-hydrogen) atoms. The molecule has 2 saturated heterocycles. The van der Waals surface area contributed by atoms with Crippen molar-refractivity contribution in [2.24, 2.45) is 29.4 Å². The Kier molecular flexibility index (Phi) is 36.3. The summed E-state index contributed by atoms with van der Waals surface area (Å²) >= 11 is 0. The highest BCUT2D eigenvalue weighted by molar-refractivity contribution is 7.66. The van der Waals surface area contributed by atoms with E-state index in [0.717, 1.165) is 27.8 Å². The van der Waals surface area contributed by atoms with Crippen LogP contribution in [0.3, 0.4) is 0 Å². The molecular weight excluding hydrogens is 1650 g/mol. The maximum atomic E-state index is 13.9. The number of phenols is 1. The minimum atomic E-state index is -5.89. The number of nitrogens with two attached hydrogens (primary N) is 1. The number of benzene rings is 1. The number of phenolic OH excluding ortho intramolecular Hbond substituents is 1. The number of aliphatic hydroxyl groups excluding tert-OH is 1. The predicted molar refractivity (Wildman–Crippen MR) is 383 cm³/mol. The van der Waals surface area contributed by atoms with Crippen LogP contribution in [0.25, 0.3) is 0 Å². The van der Waals surface area contributed by atoms with Gasteiger partial charge in [0.05, 0.1) is 76.2 Å². The number of phosphoric ester groups is 1. The van der Waals surface area contributed by atoms with Crippen molar-refractivity contribution >= 4 is 124 Å². The average Bonchev–Trinajstić information content (AvgIpc) is 1.60. The van der Waals surface area contributed by atoms with Gasteiger partial charge in [0.15, 0.2) is 0 Å². The van der Waals surface area contributed by atoms with E-state index in [4.69, 9.17) is 25.0 Å². The number of fused-ring (bicyclic) bond motifs is 1. The summed E-state index contributed by atoms with van der Waals surface area (Å²) in [5.41, 5.74) is 3.29. The summed E-state index contributed by atoms with van der Waals surface area (Å²) in [6, 6.07) is -10.4. The van der Waals surface area contributed by atoms with Crippen LogP contribution in [0.1, 0.15) is 101 Å². The van der Waals surface area contributed by atoms with E-state index in [1.165, 1.54) is 12.1 Å². The van der Waals surface area contributed by atoms with Crippen LogP contribution in [0.4, 0.5) is 0 Å². The van der Waals surface area contributed by atoms with Crippen LogP contribution < -0.4 is 59.5 Å². The highest BCUT2D eigenvalue weighted by Gasteiger charge is 2.54. The first-order valence-corrected chi connectivity index (χ1v) is 39.4. The SMILES string of the molecule is CC1C=CC(COC(=O)CCC#Cc2cn([C@H]3C[C@H](O)[C@@H](COP(=O)(O)OP(=O)(O)OP(=O)(O)O)O3)c(=O)[nH]c2=O)C2C(=O)N(CCC(=O)NCC(=O)N[C@@H](CCCCN)C(=O)N[C@@H](CC(=O)O)C(=O)N[C@@H](CC(=O)O)C(=O)N[C@@H](CC(=O)O)C(=O)N[C@@H](CC(=O)O)C(=O)N[C@@H](Cc3ccc(O)cc3)C(=O)N[C@@H](CC(=O)O)C(=O)O)C(=O)C12. The number of nitrogens with one attached hydrogen (secondary N) is 9. The first-order chi connectivity index (χ1) is 55.1. The Bertz CT molecular complexity index is 4540. The smallest absolute Gasteiger partial charge is 0.490 e. The molecule has 2 fully saturated rings. The van der Waals surface area contributed by atoms with Gasteiger partial charge in [-0.25, -0.2) is 23.3 Å². The zero-order chi connectivity index (χ0) is 88.4. The minimum absolute atomic E-state index is 0.0317. The van der Waals surface area contributed by atoms with E-state index in [2.05, 4.69) is 46.3 Å². The van der Waals surface area contributed by atoms with Crippen LogP contribution in [-0.2, 0) is 124 Å². The Labute approximate surface area is 662 Å². The van der Waals surface area contributed by atoms with Crippen molar-refractivity contribution in [2.45, 2.75) is 151 Å². The summed E-state index contributed by atoms with van der Waals surface area (Å²) < 4.78 is 58.1. The molecule has 3 aliphatic rings. The number of allylic oxidation sites excluding steroid dienone is 1. The van der Waals surface area contributed by atoms with Crippen molar-refractivity contribution < 1.29 is 178 Å². The molecule has 0 bridgehead atoms. The Morgan fingerprint density at radius 3 is 1.61 bits per heavy atom. The number of carboxylic acid groups (broad SMARTS) is 6. The maximum Gasteiger partial charge on any atom is 0.490 e. The van der Waals surface area contributed by atoms with Gasteiger partial charge in [0.1, 0.15) is 65.9 Å². The number of carboxylic acids is 6. The number of aliphatic hydroxyl groups is 1. The second-order valence-electron chi connectivity index (χ2n) is 26.3. The summed E-state index contributed by atoms with van der Waals surface area (Å²) in [5.74, 6) is -23.4. The molecule has 1 aliphatic carbocycles. The van der Waals surface area contributed by atoms with Gasteiger partial charge in [-0.3, -0.25) is 100 Å². The van der Waals surface area contributed by atoms with Crippen LogP contribution in [0, 0.1) is 35.5 Å². The van der Waals surface area contributed by atoms with Crippen molar-refractivity contribution in [3.63, 3.8) is 0 Å². The Balaban J connectivity index is 1.17. The number of hydrogen-bond donors (Lipinski definition) is 22. The predicted octanol–water partition coefficient (Wildman–Crippen LogP) is -6.94. The van der Waals surface area contributed by atoms with Gasteiger partial charge in [-0.15, -0.1) is 0 Å². The molecule has 1 aromatic heterocycles. The Hall–Kier alpha value is -11.5. The number of nitrogens with zero attached hydrogens (tertiary/aromatic N) is 2. The number of phosphoric acid groups is 3. The third-order valence-corrected chi connectivity index (χ3v) is 21.1. The molecule has 648 valence electrons.